The Labute approximate surface area is 143 Å². The molecule has 7 nitrogen and oxygen atoms in total. The first-order valence-corrected chi connectivity index (χ1v) is 8.05. The lowest BCUT2D eigenvalue weighted by atomic mass is 10.1. The molecule has 23 heavy (non-hydrogen) atoms. The largest absolute Gasteiger partial charge is 0.480 e. The molecule has 1 aromatic rings. The predicted molar refractivity (Wildman–Crippen MR) is 88.5 cm³/mol. The van der Waals surface area contributed by atoms with Gasteiger partial charge >= 0.3 is 12.1 Å². The van der Waals surface area contributed by atoms with Gasteiger partial charge in [0, 0.05) is 23.8 Å². The number of hydrogen-bond acceptors (Lipinski definition) is 5. The summed E-state index contributed by atoms with van der Waals surface area (Å²) in [4.78, 5) is 31.2. The van der Waals surface area contributed by atoms with Crippen LogP contribution in [0.5, 0.6) is 0 Å². The Morgan fingerprint density at radius 1 is 1.39 bits per heavy atom. The quantitative estimate of drug-likeness (QED) is 0.840. The van der Waals surface area contributed by atoms with E-state index in [1.807, 2.05) is 11.0 Å². The molecule has 0 bridgehead atoms. The zero-order valence-corrected chi connectivity index (χ0v) is 14.9. The normalized spacial score (nSPS) is 18.7. The third kappa shape index (κ3) is 4.57. The number of amides is 1. The van der Waals surface area contributed by atoms with Crippen LogP contribution in [0.4, 0.5) is 10.6 Å². The summed E-state index contributed by atoms with van der Waals surface area (Å²) >= 11 is 3.37. The highest BCUT2D eigenvalue weighted by Gasteiger charge is 2.38. The fraction of sp³-hybridized carbons (Fsp3) is 0.533. The highest BCUT2D eigenvalue weighted by molar-refractivity contribution is 9.10. The molecule has 0 radical (unpaired) electrons. The van der Waals surface area contributed by atoms with Crippen molar-refractivity contribution in [1.29, 1.82) is 0 Å². The highest BCUT2D eigenvalue weighted by Crippen LogP contribution is 2.22. The van der Waals surface area contributed by atoms with E-state index in [0.717, 1.165) is 4.47 Å². The van der Waals surface area contributed by atoms with Crippen molar-refractivity contribution in [1.82, 2.24) is 9.88 Å². The van der Waals surface area contributed by atoms with Crippen molar-refractivity contribution in [2.75, 3.05) is 24.5 Å². The fourth-order valence-electron chi connectivity index (χ4n) is 2.31. The lowest BCUT2D eigenvalue weighted by Crippen LogP contribution is -2.59. The van der Waals surface area contributed by atoms with Crippen molar-refractivity contribution in [2.24, 2.45) is 0 Å². The van der Waals surface area contributed by atoms with Gasteiger partial charge in [0.05, 0.1) is 6.54 Å². The molecule has 2 rings (SSSR count). The molecule has 8 heteroatoms. The Bertz CT molecular complexity index is 603. The predicted octanol–water partition coefficient (Wildman–Crippen LogP) is 2.35. The zero-order chi connectivity index (χ0) is 17.2. The van der Waals surface area contributed by atoms with Gasteiger partial charge < -0.3 is 14.7 Å². The molecule has 1 amide bonds. The molecule has 0 unspecified atom stereocenters. The summed E-state index contributed by atoms with van der Waals surface area (Å²) in [5, 5.41) is 9.47. The first-order chi connectivity index (χ1) is 10.7. The van der Waals surface area contributed by atoms with E-state index < -0.39 is 23.7 Å². The average molecular weight is 386 g/mol. The summed E-state index contributed by atoms with van der Waals surface area (Å²) in [6.07, 6.45) is 1.04. The van der Waals surface area contributed by atoms with E-state index in [1.54, 1.807) is 33.0 Å². The average Bonchev–Trinajstić information content (AvgIpc) is 2.44. The van der Waals surface area contributed by atoms with Crippen LogP contribution < -0.4 is 4.90 Å². The van der Waals surface area contributed by atoms with Crippen LogP contribution in [0.3, 0.4) is 0 Å². The summed E-state index contributed by atoms with van der Waals surface area (Å²) < 4.78 is 6.16. The van der Waals surface area contributed by atoms with Crippen molar-refractivity contribution in [3.63, 3.8) is 0 Å². The van der Waals surface area contributed by atoms with E-state index in [2.05, 4.69) is 20.9 Å². The van der Waals surface area contributed by atoms with Crippen LogP contribution in [0.1, 0.15) is 20.8 Å². The molecule has 1 fully saturated rings. The van der Waals surface area contributed by atoms with Crippen LogP contribution >= 0.6 is 15.9 Å². The summed E-state index contributed by atoms with van der Waals surface area (Å²) in [5.74, 6) is -0.384. The monoisotopic (exact) mass is 385 g/mol. The minimum Gasteiger partial charge on any atom is -0.480 e. The summed E-state index contributed by atoms with van der Waals surface area (Å²) in [5.41, 5.74) is -0.664. The molecule has 1 N–H and O–H groups in total. The zero-order valence-electron chi connectivity index (χ0n) is 13.3. The Hall–Kier alpha value is -1.83. The van der Waals surface area contributed by atoms with Gasteiger partial charge in [0.15, 0.2) is 0 Å². The van der Waals surface area contributed by atoms with E-state index in [9.17, 15) is 14.7 Å². The molecule has 0 spiro atoms. The van der Waals surface area contributed by atoms with Crippen molar-refractivity contribution in [3.8, 4) is 0 Å². The van der Waals surface area contributed by atoms with Gasteiger partial charge in [-0.25, -0.2) is 14.6 Å². The number of hydrogen-bond donors (Lipinski definition) is 1. The van der Waals surface area contributed by atoms with Crippen molar-refractivity contribution < 1.29 is 19.4 Å². The van der Waals surface area contributed by atoms with Crippen LogP contribution in [0.15, 0.2) is 22.8 Å². The van der Waals surface area contributed by atoms with Crippen molar-refractivity contribution in [2.45, 2.75) is 32.4 Å². The van der Waals surface area contributed by atoms with Gasteiger partial charge in [-0.2, -0.15) is 0 Å². The molecular weight excluding hydrogens is 366 g/mol. The number of carbonyl (C=O) groups is 2. The number of pyridine rings is 1. The molecule has 126 valence electrons. The van der Waals surface area contributed by atoms with Crippen LogP contribution in [0, 0.1) is 0 Å². The number of halogens is 1. The number of rotatable bonds is 2. The van der Waals surface area contributed by atoms with Crippen LogP contribution in [0.2, 0.25) is 0 Å². The second kappa shape index (κ2) is 6.74. The van der Waals surface area contributed by atoms with E-state index in [4.69, 9.17) is 4.74 Å². The van der Waals surface area contributed by atoms with Crippen LogP contribution in [-0.2, 0) is 9.53 Å². The maximum atomic E-state index is 12.2. The molecule has 0 saturated carbocycles. The number of anilines is 1. The van der Waals surface area contributed by atoms with E-state index >= 15 is 0 Å². The third-order valence-corrected chi connectivity index (χ3v) is 3.82. The Morgan fingerprint density at radius 2 is 2.09 bits per heavy atom. The summed E-state index contributed by atoms with van der Waals surface area (Å²) in [7, 11) is 0. The topological polar surface area (TPSA) is 83.0 Å². The van der Waals surface area contributed by atoms with Gasteiger partial charge in [-0.3, -0.25) is 4.90 Å². The Kier molecular flexibility index (Phi) is 5.13. The SMILES string of the molecule is CC(C)(C)OC(=O)N1CCN(c2cc(Br)ccn2)C[C@H]1C(=O)O. The number of ether oxygens (including phenoxy) is 1. The maximum Gasteiger partial charge on any atom is 0.411 e. The first-order valence-electron chi connectivity index (χ1n) is 7.26. The third-order valence-electron chi connectivity index (χ3n) is 3.32. The first kappa shape index (κ1) is 17.5. The lowest BCUT2D eigenvalue weighted by molar-refractivity contribution is -0.143. The van der Waals surface area contributed by atoms with Gasteiger partial charge in [0.1, 0.15) is 17.5 Å². The molecule has 0 aliphatic carbocycles. The molecule has 1 saturated heterocycles. The number of nitrogens with zero attached hydrogens (tertiary/aromatic N) is 3. The number of piperazine rings is 1. The Morgan fingerprint density at radius 3 is 2.65 bits per heavy atom. The van der Waals surface area contributed by atoms with Crippen molar-refractivity contribution in [3.05, 3.63) is 22.8 Å². The molecule has 1 aliphatic heterocycles. The summed E-state index contributed by atoms with van der Waals surface area (Å²) in [6.45, 7) is 6.18. The van der Waals surface area contributed by atoms with Gasteiger partial charge in [0.2, 0.25) is 0 Å². The second-order valence-corrected chi connectivity index (χ2v) is 7.22. The second-order valence-electron chi connectivity index (χ2n) is 6.31. The molecular formula is C15H20BrN3O4. The maximum absolute atomic E-state index is 12.2. The number of carboxylic acid groups (broad SMARTS) is 1. The minimum atomic E-state index is -1.06. The highest BCUT2D eigenvalue weighted by atomic mass is 79.9. The van der Waals surface area contributed by atoms with E-state index in [1.165, 1.54) is 4.90 Å². The van der Waals surface area contributed by atoms with Gasteiger partial charge in [-0.1, -0.05) is 15.9 Å². The van der Waals surface area contributed by atoms with Gasteiger partial charge in [-0.15, -0.1) is 0 Å². The fourth-order valence-corrected chi connectivity index (χ4v) is 2.63. The molecule has 1 aliphatic rings. The molecule has 2 heterocycles. The van der Waals surface area contributed by atoms with Crippen LogP contribution in [-0.4, -0.2) is 58.3 Å². The number of carbonyl (C=O) groups excluding carboxylic acids is 1. The molecule has 1 atom stereocenters. The smallest absolute Gasteiger partial charge is 0.411 e. The van der Waals surface area contributed by atoms with E-state index in [-0.39, 0.29) is 13.1 Å². The van der Waals surface area contributed by atoms with Gasteiger partial charge in [0.25, 0.3) is 0 Å². The Balaban J connectivity index is 2.15. The molecule has 0 aromatic carbocycles. The summed E-state index contributed by atoms with van der Waals surface area (Å²) in [6, 6.07) is 2.65. The van der Waals surface area contributed by atoms with Crippen LogP contribution in [0.25, 0.3) is 0 Å². The molecule has 1 aromatic heterocycles. The van der Waals surface area contributed by atoms with Gasteiger partial charge in [-0.05, 0) is 32.9 Å². The van der Waals surface area contributed by atoms with E-state index in [0.29, 0.717) is 12.4 Å². The standard InChI is InChI=1S/C15H20BrN3O4/c1-15(2,3)23-14(22)19-7-6-18(9-11(19)13(20)21)12-8-10(16)4-5-17-12/h4-5,8,11H,6-7,9H2,1-3H3,(H,20,21)/t11-/m0/s1. The van der Waals surface area contributed by atoms with Crippen molar-refractivity contribution >= 4 is 33.8 Å². The number of aromatic nitrogens is 1. The number of aliphatic carboxylic acids is 1. The number of carboxylic acids is 1. The minimum absolute atomic E-state index is 0.165. The lowest BCUT2D eigenvalue weighted by Gasteiger charge is -2.40.